The van der Waals surface area contributed by atoms with E-state index >= 15 is 0 Å². The number of urea groups is 1. The molecule has 6 nitrogen and oxygen atoms in total. The Bertz CT molecular complexity index is 683. The number of carbonyl (C=O) groups is 2. The Morgan fingerprint density at radius 1 is 1.26 bits per heavy atom. The number of nitrogens with zero attached hydrogens (tertiary/aromatic N) is 3. The molecule has 3 amide bonds. The summed E-state index contributed by atoms with van der Waals surface area (Å²) in [5.41, 5.74) is 1.81. The minimum absolute atomic E-state index is 0.00985. The highest BCUT2D eigenvalue weighted by Crippen LogP contribution is 2.29. The summed E-state index contributed by atoms with van der Waals surface area (Å²) in [4.78, 5) is 32.4. The van der Waals surface area contributed by atoms with Crippen molar-refractivity contribution in [2.75, 3.05) is 32.5 Å². The molecular formula is C21H32N4O2. The summed E-state index contributed by atoms with van der Waals surface area (Å²) in [5, 5.41) is 3.04. The van der Waals surface area contributed by atoms with Gasteiger partial charge in [0.15, 0.2) is 0 Å². The van der Waals surface area contributed by atoms with Gasteiger partial charge in [0, 0.05) is 24.8 Å². The van der Waals surface area contributed by atoms with Crippen LogP contribution in [-0.4, -0.2) is 65.9 Å². The molecule has 0 unspecified atom stereocenters. The van der Waals surface area contributed by atoms with Crippen LogP contribution < -0.4 is 5.32 Å². The highest BCUT2D eigenvalue weighted by molar-refractivity contribution is 5.98. The van der Waals surface area contributed by atoms with Gasteiger partial charge < -0.3 is 20.0 Å². The van der Waals surface area contributed by atoms with Crippen LogP contribution in [0.1, 0.15) is 38.7 Å². The first-order chi connectivity index (χ1) is 12.9. The molecule has 148 valence electrons. The molecule has 0 spiro atoms. The first kappa shape index (κ1) is 19.7. The summed E-state index contributed by atoms with van der Waals surface area (Å²) in [6.07, 6.45) is 2.80. The Labute approximate surface area is 162 Å². The van der Waals surface area contributed by atoms with Crippen LogP contribution in [0, 0.1) is 5.92 Å². The van der Waals surface area contributed by atoms with Gasteiger partial charge in [0.2, 0.25) is 5.91 Å². The van der Waals surface area contributed by atoms with Gasteiger partial charge in [-0.3, -0.25) is 4.79 Å². The fourth-order valence-corrected chi connectivity index (χ4v) is 4.14. The Morgan fingerprint density at radius 2 is 1.93 bits per heavy atom. The lowest BCUT2D eigenvalue weighted by Gasteiger charge is -2.40. The molecule has 0 aromatic heterocycles. The summed E-state index contributed by atoms with van der Waals surface area (Å²) in [7, 11) is 4.19. The quantitative estimate of drug-likeness (QED) is 0.887. The zero-order valence-corrected chi connectivity index (χ0v) is 16.9. The smallest absolute Gasteiger partial charge is 0.321 e. The lowest BCUT2D eigenvalue weighted by atomic mass is 9.96. The van der Waals surface area contributed by atoms with Gasteiger partial charge in [-0.05, 0) is 44.5 Å². The fourth-order valence-electron chi connectivity index (χ4n) is 4.14. The van der Waals surface area contributed by atoms with Gasteiger partial charge in [0.05, 0.1) is 6.54 Å². The van der Waals surface area contributed by atoms with E-state index in [4.69, 9.17) is 0 Å². The summed E-state index contributed by atoms with van der Waals surface area (Å²) in [5.74, 6) is 0.0217. The Kier molecular flexibility index (Phi) is 6.05. The van der Waals surface area contributed by atoms with Crippen molar-refractivity contribution in [3.63, 3.8) is 0 Å². The summed E-state index contributed by atoms with van der Waals surface area (Å²) < 4.78 is 0. The van der Waals surface area contributed by atoms with Gasteiger partial charge in [-0.1, -0.05) is 38.5 Å². The summed E-state index contributed by atoms with van der Waals surface area (Å²) in [6.45, 7) is 6.08. The monoisotopic (exact) mass is 372 g/mol. The zero-order chi connectivity index (χ0) is 19.6. The van der Waals surface area contributed by atoms with Crippen LogP contribution in [0.2, 0.25) is 0 Å². The molecule has 1 saturated heterocycles. The largest absolute Gasteiger partial charge is 0.325 e. The van der Waals surface area contributed by atoms with E-state index in [0.717, 1.165) is 43.6 Å². The number of benzene rings is 1. The summed E-state index contributed by atoms with van der Waals surface area (Å²) >= 11 is 0. The standard InChI is InChI=1S/C21H32N4O2/c1-5-15(2)19-20(26)22-18-9-7-6-8-16(18)14-25(19)21(27)24-12-10-17(11-13-24)23(3)4/h6-9,15,17,19H,5,10-14H2,1-4H3,(H,22,26)/t15-,19-/m0/s1. The lowest BCUT2D eigenvalue weighted by molar-refractivity contribution is -0.122. The van der Waals surface area contributed by atoms with Gasteiger partial charge in [-0.15, -0.1) is 0 Å². The van der Waals surface area contributed by atoms with Crippen molar-refractivity contribution in [2.24, 2.45) is 5.92 Å². The molecule has 2 aliphatic heterocycles. The third kappa shape index (κ3) is 4.10. The Balaban J connectivity index is 1.85. The molecule has 2 aliphatic rings. The van der Waals surface area contributed by atoms with Crippen molar-refractivity contribution >= 4 is 17.6 Å². The summed E-state index contributed by atoms with van der Waals surface area (Å²) in [6, 6.07) is 7.85. The molecule has 1 aromatic carbocycles. The number of nitrogens with one attached hydrogen (secondary N) is 1. The highest BCUT2D eigenvalue weighted by Gasteiger charge is 2.39. The van der Waals surface area contributed by atoms with Gasteiger partial charge in [0.1, 0.15) is 6.04 Å². The number of rotatable bonds is 3. The van der Waals surface area contributed by atoms with Crippen LogP contribution >= 0.6 is 0 Å². The van der Waals surface area contributed by atoms with E-state index in [-0.39, 0.29) is 17.9 Å². The molecular weight excluding hydrogens is 340 g/mol. The van der Waals surface area contributed by atoms with Crippen molar-refractivity contribution in [1.29, 1.82) is 0 Å². The topological polar surface area (TPSA) is 55.9 Å². The van der Waals surface area contributed by atoms with E-state index in [1.54, 1.807) is 4.90 Å². The zero-order valence-electron chi connectivity index (χ0n) is 16.9. The lowest BCUT2D eigenvalue weighted by Crippen LogP contribution is -2.55. The van der Waals surface area contributed by atoms with Crippen molar-refractivity contribution in [3.8, 4) is 0 Å². The number of carbonyl (C=O) groups excluding carboxylic acids is 2. The van der Waals surface area contributed by atoms with Gasteiger partial charge in [0.25, 0.3) is 0 Å². The third-order valence-electron chi connectivity index (χ3n) is 6.11. The average molecular weight is 373 g/mol. The predicted octanol–water partition coefficient (Wildman–Crippen LogP) is 3.00. The fraction of sp³-hybridized carbons (Fsp3) is 0.619. The van der Waals surface area contributed by atoms with Gasteiger partial charge >= 0.3 is 6.03 Å². The minimum atomic E-state index is -0.443. The maximum atomic E-state index is 13.4. The average Bonchev–Trinajstić information content (AvgIpc) is 2.82. The number of fused-ring (bicyclic) bond motifs is 1. The Hall–Kier alpha value is -2.08. The minimum Gasteiger partial charge on any atom is -0.325 e. The molecule has 0 aliphatic carbocycles. The number of amides is 3. The molecule has 3 rings (SSSR count). The van der Waals surface area contributed by atoms with Crippen LogP contribution in [-0.2, 0) is 11.3 Å². The number of hydrogen-bond donors (Lipinski definition) is 1. The predicted molar refractivity (Wildman–Crippen MR) is 108 cm³/mol. The van der Waals surface area contributed by atoms with E-state index < -0.39 is 6.04 Å². The number of piperidine rings is 1. The van der Waals surface area contributed by atoms with Crippen LogP contribution in [0.3, 0.4) is 0 Å². The molecule has 0 saturated carbocycles. The number of para-hydroxylation sites is 1. The molecule has 1 N–H and O–H groups in total. The van der Waals surface area contributed by atoms with Gasteiger partial charge in [-0.2, -0.15) is 0 Å². The number of likely N-dealkylation sites (tertiary alicyclic amines) is 1. The van der Waals surface area contributed by atoms with Crippen molar-refractivity contribution in [1.82, 2.24) is 14.7 Å². The van der Waals surface area contributed by atoms with Crippen LogP contribution in [0.4, 0.5) is 10.5 Å². The van der Waals surface area contributed by atoms with Crippen molar-refractivity contribution < 1.29 is 9.59 Å². The molecule has 1 fully saturated rings. The van der Waals surface area contributed by atoms with Crippen molar-refractivity contribution in [2.45, 2.75) is 51.7 Å². The second-order valence-electron chi connectivity index (χ2n) is 8.07. The molecule has 2 heterocycles. The first-order valence-electron chi connectivity index (χ1n) is 10.0. The molecule has 0 bridgehead atoms. The molecule has 2 atom stereocenters. The SMILES string of the molecule is CC[C@H](C)[C@H]1C(=O)Nc2ccccc2CN1C(=O)N1CCC(N(C)C)CC1. The van der Waals surface area contributed by atoms with Crippen LogP contribution in [0.25, 0.3) is 0 Å². The maximum Gasteiger partial charge on any atom is 0.321 e. The number of anilines is 1. The Morgan fingerprint density at radius 3 is 2.56 bits per heavy atom. The van der Waals surface area contributed by atoms with E-state index in [1.807, 2.05) is 29.2 Å². The van der Waals surface area contributed by atoms with E-state index in [0.29, 0.717) is 12.6 Å². The molecule has 6 heteroatoms. The third-order valence-corrected chi connectivity index (χ3v) is 6.11. The van der Waals surface area contributed by atoms with E-state index in [9.17, 15) is 9.59 Å². The van der Waals surface area contributed by atoms with Gasteiger partial charge in [-0.25, -0.2) is 4.79 Å². The molecule has 27 heavy (non-hydrogen) atoms. The van der Waals surface area contributed by atoms with Crippen LogP contribution in [0.5, 0.6) is 0 Å². The highest BCUT2D eigenvalue weighted by atomic mass is 16.2. The maximum absolute atomic E-state index is 13.4. The first-order valence-corrected chi connectivity index (χ1v) is 10.0. The van der Waals surface area contributed by atoms with Crippen LogP contribution in [0.15, 0.2) is 24.3 Å². The van der Waals surface area contributed by atoms with E-state index in [1.165, 1.54) is 0 Å². The number of hydrogen-bond acceptors (Lipinski definition) is 3. The second kappa shape index (κ2) is 8.30. The normalized spacial score (nSPS) is 22.3. The molecule has 1 aromatic rings. The second-order valence-corrected chi connectivity index (χ2v) is 8.07. The van der Waals surface area contributed by atoms with Crippen molar-refractivity contribution in [3.05, 3.63) is 29.8 Å². The molecule has 0 radical (unpaired) electrons. The van der Waals surface area contributed by atoms with E-state index in [2.05, 4.69) is 38.2 Å².